The predicted molar refractivity (Wildman–Crippen MR) is 79.8 cm³/mol. The first-order valence-electron chi connectivity index (χ1n) is 6.13. The van der Waals surface area contributed by atoms with Crippen LogP contribution in [0.25, 0.3) is 10.9 Å². The zero-order valence-corrected chi connectivity index (χ0v) is 11.8. The summed E-state index contributed by atoms with van der Waals surface area (Å²) in [7, 11) is 0. The number of halogens is 2. The Morgan fingerprint density at radius 2 is 2.17 bits per heavy atom. The molecular weight excluding hydrogens is 267 g/mol. The molecule has 1 N–H and O–H groups in total. The molecule has 1 aromatic carbocycles. The summed E-state index contributed by atoms with van der Waals surface area (Å²) in [5.74, 6) is 0. The fourth-order valence-corrected chi connectivity index (χ4v) is 2.37. The molecule has 1 unspecified atom stereocenters. The van der Waals surface area contributed by atoms with Crippen LogP contribution < -0.4 is 5.32 Å². The standard InChI is InChI=1S/C14H16Cl2N2/c1-2-3-11(16)9-18-13-6-7-17-14-8-10(15)4-5-12(13)14/h4-8,11H,2-3,9H2,1H3,(H,17,18). The van der Waals surface area contributed by atoms with E-state index in [1.807, 2.05) is 24.3 Å². The van der Waals surface area contributed by atoms with Crippen molar-refractivity contribution in [3.63, 3.8) is 0 Å². The van der Waals surface area contributed by atoms with Crippen molar-refractivity contribution in [3.8, 4) is 0 Å². The number of anilines is 1. The average Bonchev–Trinajstić information content (AvgIpc) is 2.36. The molecule has 0 aliphatic carbocycles. The van der Waals surface area contributed by atoms with Crippen molar-refractivity contribution in [2.45, 2.75) is 25.1 Å². The van der Waals surface area contributed by atoms with E-state index in [-0.39, 0.29) is 5.38 Å². The van der Waals surface area contributed by atoms with E-state index in [1.165, 1.54) is 0 Å². The van der Waals surface area contributed by atoms with Crippen LogP contribution in [0.3, 0.4) is 0 Å². The second-order valence-corrected chi connectivity index (χ2v) is 5.34. The van der Waals surface area contributed by atoms with Gasteiger partial charge in [-0.25, -0.2) is 0 Å². The third-order valence-electron chi connectivity index (χ3n) is 2.82. The largest absolute Gasteiger partial charge is 0.383 e. The van der Waals surface area contributed by atoms with E-state index in [4.69, 9.17) is 23.2 Å². The van der Waals surface area contributed by atoms with Gasteiger partial charge in [-0.3, -0.25) is 4.98 Å². The fourth-order valence-electron chi connectivity index (χ4n) is 1.91. The van der Waals surface area contributed by atoms with Crippen LogP contribution >= 0.6 is 23.2 Å². The highest BCUT2D eigenvalue weighted by Crippen LogP contribution is 2.24. The van der Waals surface area contributed by atoms with E-state index in [1.54, 1.807) is 6.20 Å². The van der Waals surface area contributed by atoms with Crippen molar-refractivity contribution in [1.29, 1.82) is 0 Å². The molecule has 2 nitrogen and oxygen atoms in total. The Morgan fingerprint density at radius 3 is 2.94 bits per heavy atom. The summed E-state index contributed by atoms with van der Waals surface area (Å²) in [6.45, 7) is 2.90. The monoisotopic (exact) mass is 282 g/mol. The van der Waals surface area contributed by atoms with Gasteiger partial charge in [0, 0.05) is 28.8 Å². The van der Waals surface area contributed by atoms with Crippen LogP contribution in [-0.2, 0) is 0 Å². The minimum Gasteiger partial charge on any atom is -0.383 e. The van der Waals surface area contributed by atoms with Gasteiger partial charge in [0.15, 0.2) is 0 Å². The van der Waals surface area contributed by atoms with Gasteiger partial charge in [-0.1, -0.05) is 24.9 Å². The Hall–Kier alpha value is -0.990. The number of alkyl halides is 1. The number of nitrogens with zero attached hydrogens (tertiary/aromatic N) is 1. The van der Waals surface area contributed by atoms with Crippen molar-refractivity contribution < 1.29 is 0 Å². The van der Waals surface area contributed by atoms with E-state index in [0.717, 1.165) is 36.0 Å². The Kier molecular flexibility index (Phi) is 4.67. The fraction of sp³-hybridized carbons (Fsp3) is 0.357. The first-order valence-corrected chi connectivity index (χ1v) is 6.94. The van der Waals surface area contributed by atoms with Gasteiger partial charge in [0.2, 0.25) is 0 Å². The summed E-state index contributed by atoms with van der Waals surface area (Å²) in [4.78, 5) is 4.31. The normalized spacial score (nSPS) is 12.6. The summed E-state index contributed by atoms with van der Waals surface area (Å²) in [6, 6.07) is 7.69. The lowest BCUT2D eigenvalue weighted by Gasteiger charge is -2.12. The molecule has 0 saturated heterocycles. The SMILES string of the molecule is CCCC(Cl)CNc1ccnc2cc(Cl)ccc12. The third-order valence-corrected chi connectivity index (χ3v) is 3.43. The Labute approximate surface area is 117 Å². The Bertz CT molecular complexity index is 528. The number of nitrogens with one attached hydrogen (secondary N) is 1. The molecule has 18 heavy (non-hydrogen) atoms. The van der Waals surface area contributed by atoms with Crippen molar-refractivity contribution in [1.82, 2.24) is 4.98 Å². The molecule has 4 heteroatoms. The zero-order chi connectivity index (χ0) is 13.0. The molecule has 2 rings (SSSR count). The van der Waals surface area contributed by atoms with Gasteiger partial charge >= 0.3 is 0 Å². The molecule has 0 saturated carbocycles. The molecule has 0 fully saturated rings. The van der Waals surface area contributed by atoms with Gasteiger partial charge in [-0.05, 0) is 30.7 Å². The van der Waals surface area contributed by atoms with Gasteiger partial charge < -0.3 is 5.32 Å². The number of hydrogen-bond acceptors (Lipinski definition) is 2. The zero-order valence-electron chi connectivity index (χ0n) is 10.3. The van der Waals surface area contributed by atoms with Crippen LogP contribution in [0, 0.1) is 0 Å². The van der Waals surface area contributed by atoms with Crippen molar-refractivity contribution in [2.75, 3.05) is 11.9 Å². The van der Waals surface area contributed by atoms with Crippen molar-refractivity contribution in [2.24, 2.45) is 0 Å². The highest BCUT2D eigenvalue weighted by molar-refractivity contribution is 6.31. The lowest BCUT2D eigenvalue weighted by atomic mass is 10.2. The topological polar surface area (TPSA) is 24.9 Å². The maximum atomic E-state index is 6.21. The average molecular weight is 283 g/mol. The molecule has 0 amide bonds. The number of benzene rings is 1. The van der Waals surface area contributed by atoms with Crippen LogP contribution in [0.1, 0.15) is 19.8 Å². The lowest BCUT2D eigenvalue weighted by molar-refractivity contribution is 0.752. The van der Waals surface area contributed by atoms with Crippen LogP contribution in [0.5, 0.6) is 0 Å². The van der Waals surface area contributed by atoms with E-state index in [9.17, 15) is 0 Å². The maximum absolute atomic E-state index is 6.21. The molecule has 96 valence electrons. The molecule has 1 atom stereocenters. The minimum absolute atomic E-state index is 0.158. The molecular formula is C14H16Cl2N2. The number of hydrogen-bond donors (Lipinski definition) is 1. The molecule has 0 radical (unpaired) electrons. The highest BCUT2D eigenvalue weighted by Gasteiger charge is 2.05. The van der Waals surface area contributed by atoms with Gasteiger partial charge in [0.05, 0.1) is 10.9 Å². The number of pyridine rings is 1. The summed E-state index contributed by atoms with van der Waals surface area (Å²) in [5.41, 5.74) is 1.95. The Balaban J connectivity index is 2.18. The lowest BCUT2D eigenvalue weighted by Crippen LogP contribution is -2.14. The van der Waals surface area contributed by atoms with Crippen LogP contribution in [-0.4, -0.2) is 16.9 Å². The smallest absolute Gasteiger partial charge is 0.0737 e. The van der Waals surface area contributed by atoms with Gasteiger partial charge in [0.1, 0.15) is 0 Å². The quantitative estimate of drug-likeness (QED) is 0.804. The summed E-state index contributed by atoms with van der Waals surface area (Å²) in [5, 5.41) is 5.31. The van der Waals surface area contributed by atoms with Crippen molar-refractivity contribution >= 4 is 39.8 Å². The molecule has 1 heterocycles. The number of aromatic nitrogens is 1. The van der Waals surface area contributed by atoms with Gasteiger partial charge in [-0.2, -0.15) is 0 Å². The second-order valence-electron chi connectivity index (χ2n) is 4.29. The molecule has 0 bridgehead atoms. The Morgan fingerprint density at radius 1 is 1.33 bits per heavy atom. The number of fused-ring (bicyclic) bond motifs is 1. The molecule has 0 aliphatic rings. The first kappa shape index (κ1) is 13.4. The molecule has 1 aromatic heterocycles. The van der Waals surface area contributed by atoms with E-state index in [2.05, 4.69) is 17.2 Å². The molecule has 0 spiro atoms. The summed E-state index contributed by atoms with van der Waals surface area (Å²) in [6.07, 6.45) is 3.90. The highest BCUT2D eigenvalue weighted by atomic mass is 35.5. The molecule has 0 aliphatic heterocycles. The van der Waals surface area contributed by atoms with E-state index in [0.29, 0.717) is 5.02 Å². The predicted octanol–water partition coefficient (Wildman–Crippen LogP) is 4.71. The maximum Gasteiger partial charge on any atom is 0.0737 e. The van der Waals surface area contributed by atoms with Gasteiger partial charge in [-0.15, -0.1) is 11.6 Å². The second kappa shape index (κ2) is 6.26. The van der Waals surface area contributed by atoms with Crippen LogP contribution in [0.2, 0.25) is 5.02 Å². The minimum atomic E-state index is 0.158. The van der Waals surface area contributed by atoms with E-state index < -0.39 is 0 Å². The van der Waals surface area contributed by atoms with Crippen LogP contribution in [0.4, 0.5) is 5.69 Å². The summed E-state index contributed by atoms with van der Waals surface area (Å²) >= 11 is 12.2. The summed E-state index contributed by atoms with van der Waals surface area (Å²) < 4.78 is 0. The van der Waals surface area contributed by atoms with Crippen LogP contribution in [0.15, 0.2) is 30.5 Å². The number of rotatable bonds is 5. The van der Waals surface area contributed by atoms with Crippen molar-refractivity contribution in [3.05, 3.63) is 35.5 Å². The molecule has 2 aromatic rings. The third kappa shape index (κ3) is 3.27. The van der Waals surface area contributed by atoms with E-state index >= 15 is 0 Å². The van der Waals surface area contributed by atoms with Gasteiger partial charge in [0.25, 0.3) is 0 Å². The first-order chi connectivity index (χ1) is 8.70.